The highest BCUT2D eigenvalue weighted by Gasteiger charge is 2.08. The highest BCUT2D eigenvalue weighted by molar-refractivity contribution is 8.13. The van der Waals surface area contributed by atoms with Crippen LogP contribution in [0.15, 0.2) is 17.1 Å². The Labute approximate surface area is 103 Å². The van der Waals surface area contributed by atoms with Crippen LogP contribution >= 0.6 is 11.8 Å². The molecule has 0 spiro atoms. The molecule has 1 rings (SSSR count). The minimum atomic E-state index is -0.449. The van der Waals surface area contributed by atoms with Crippen LogP contribution in [0.3, 0.4) is 0 Å². The van der Waals surface area contributed by atoms with Gasteiger partial charge in [0.05, 0.1) is 7.11 Å². The van der Waals surface area contributed by atoms with Gasteiger partial charge in [0.1, 0.15) is 17.3 Å². The Bertz CT molecular complexity index is 482. The molecule has 1 aromatic rings. The zero-order chi connectivity index (χ0) is 12.8. The fraction of sp³-hybridized carbons (Fsp3) is 0.273. The molecule has 0 unspecified atom stereocenters. The smallest absolute Gasteiger partial charge is 0.183 e. The third-order valence-electron chi connectivity index (χ3n) is 2.04. The molecule has 0 aliphatic carbocycles. The molecule has 0 saturated carbocycles. The minimum absolute atomic E-state index is 0.138. The number of amidine groups is 1. The second kappa shape index (κ2) is 6.11. The van der Waals surface area contributed by atoms with Gasteiger partial charge in [-0.15, -0.1) is 0 Å². The predicted molar refractivity (Wildman–Crippen MR) is 67.0 cm³/mol. The standard InChI is InChI=1S/C11H12FN3OS/c1-7-4-8(12)9(5-10(7)16-2)15-11(17-3)14-6-13/h4-5H,1-3H3,(H,14,15). The van der Waals surface area contributed by atoms with Crippen molar-refractivity contribution in [2.75, 3.05) is 13.4 Å². The first-order chi connectivity index (χ1) is 8.12. The van der Waals surface area contributed by atoms with E-state index in [0.717, 1.165) is 0 Å². The van der Waals surface area contributed by atoms with Crippen molar-refractivity contribution < 1.29 is 9.13 Å². The maximum Gasteiger partial charge on any atom is 0.183 e. The topological polar surface area (TPSA) is 57.4 Å². The van der Waals surface area contributed by atoms with E-state index in [1.54, 1.807) is 19.4 Å². The Morgan fingerprint density at radius 2 is 2.29 bits per heavy atom. The van der Waals surface area contributed by atoms with Crippen LogP contribution in [0, 0.1) is 24.2 Å². The average Bonchev–Trinajstić information content (AvgIpc) is 2.31. The lowest BCUT2D eigenvalue weighted by Gasteiger charge is -2.07. The summed E-state index contributed by atoms with van der Waals surface area (Å²) in [7, 11) is 1.51. The molecule has 0 fully saturated rings. The number of aliphatic imine (C=N–C) groups is 1. The van der Waals surface area contributed by atoms with Crippen molar-refractivity contribution >= 4 is 22.6 Å². The van der Waals surface area contributed by atoms with Gasteiger partial charge >= 0.3 is 0 Å². The first-order valence-electron chi connectivity index (χ1n) is 4.74. The van der Waals surface area contributed by atoms with Crippen LogP contribution in [-0.2, 0) is 0 Å². The fourth-order valence-corrected chi connectivity index (χ4v) is 1.57. The Morgan fingerprint density at radius 1 is 1.59 bits per heavy atom. The van der Waals surface area contributed by atoms with Crippen molar-refractivity contribution in [1.29, 1.82) is 5.26 Å². The van der Waals surface area contributed by atoms with Crippen molar-refractivity contribution in [3.63, 3.8) is 0 Å². The maximum absolute atomic E-state index is 13.6. The first kappa shape index (κ1) is 13.3. The summed E-state index contributed by atoms with van der Waals surface area (Å²) in [5.74, 6) is 0.108. The molecule has 0 bridgehead atoms. The number of ether oxygens (including phenoxy) is 1. The molecule has 6 heteroatoms. The van der Waals surface area contributed by atoms with Crippen LogP contribution < -0.4 is 10.1 Å². The number of halogens is 1. The van der Waals surface area contributed by atoms with Crippen LogP contribution in [-0.4, -0.2) is 18.5 Å². The van der Waals surface area contributed by atoms with E-state index in [1.807, 2.05) is 0 Å². The first-order valence-corrected chi connectivity index (χ1v) is 5.96. The second-order valence-corrected chi connectivity index (χ2v) is 3.93. The van der Waals surface area contributed by atoms with Gasteiger partial charge in [0.15, 0.2) is 11.4 Å². The van der Waals surface area contributed by atoms with Crippen LogP contribution in [0.1, 0.15) is 5.56 Å². The molecule has 0 aliphatic rings. The lowest BCUT2D eigenvalue weighted by molar-refractivity contribution is 0.410. The van der Waals surface area contributed by atoms with Crippen molar-refractivity contribution in [3.8, 4) is 11.9 Å². The van der Waals surface area contributed by atoms with E-state index in [4.69, 9.17) is 10.00 Å². The van der Waals surface area contributed by atoms with Gasteiger partial charge in [0.2, 0.25) is 0 Å². The molecule has 17 heavy (non-hydrogen) atoms. The van der Waals surface area contributed by atoms with Crippen LogP contribution in [0.5, 0.6) is 5.75 Å². The van der Waals surface area contributed by atoms with Crippen molar-refractivity contribution in [3.05, 3.63) is 23.5 Å². The molecule has 0 radical (unpaired) electrons. The molecule has 4 nitrogen and oxygen atoms in total. The molecule has 0 heterocycles. The Hall–Kier alpha value is -1.74. The lowest BCUT2D eigenvalue weighted by Crippen LogP contribution is -2.12. The number of nitrogens with one attached hydrogen (secondary N) is 1. The zero-order valence-corrected chi connectivity index (χ0v) is 10.6. The van der Waals surface area contributed by atoms with Gasteiger partial charge in [-0.3, -0.25) is 5.32 Å². The molecule has 0 atom stereocenters. The zero-order valence-electron chi connectivity index (χ0n) is 9.74. The van der Waals surface area contributed by atoms with Crippen LogP contribution in [0.2, 0.25) is 0 Å². The third-order valence-corrected chi connectivity index (χ3v) is 2.62. The summed E-state index contributed by atoms with van der Waals surface area (Å²) in [5.41, 5.74) is 0.836. The number of hydrogen-bond donors (Lipinski definition) is 1. The van der Waals surface area contributed by atoms with Gasteiger partial charge in [-0.25, -0.2) is 9.38 Å². The minimum Gasteiger partial charge on any atom is -0.496 e. The second-order valence-electron chi connectivity index (χ2n) is 3.13. The molecule has 0 amide bonds. The van der Waals surface area contributed by atoms with Gasteiger partial charge in [-0.2, -0.15) is 5.26 Å². The summed E-state index contributed by atoms with van der Waals surface area (Å²) in [4.78, 5) is 4.01. The Balaban J connectivity index is 3.18. The summed E-state index contributed by atoms with van der Waals surface area (Å²) in [5, 5.41) is 11.2. The van der Waals surface area contributed by atoms with E-state index in [-0.39, 0.29) is 5.69 Å². The lowest BCUT2D eigenvalue weighted by atomic mass is 10.2. The van der Waals surface area contributed by atoms with Gasteiger partial charge in [0, 0.05) is 6.07 Å². The largest absolute Gasteiger partial charge is 0.496 e. The van der Waals surface area contributed by atoms with Gasteiger partial charge in [0.25, 0.3) is 0 Å². The number of methoxy groups -OCH3 is 1. The van der Waals surface area contributed by atoms with Gasteiger partial charge in [-0.05, 0) is 24.8 Å². The number of thioether (sulfide) groups is 1. The number of aryl methyl sites for hydroxylation is 1. The SMILES string of the molecule is COc1cc(N=C(NC#N)SC)c(F)cc1C. The third kappa shape index (κ3) is 3.36. The predicted octanol–water partition coefficient (Wildman–Crippen LogP) is 2.56. The molecule has 0 aliphatic heterocycles. The summed E-state index contributed by atoms with van der Waals surface area (Å²) < 4.78 is 18.7. The van der Waals surface area contributed by atoms with Crippen molar-refractivity contribution in [2.24, 2.45) is 4.99 Å². The normalized spacial score (nSPS) is 10.9. The number of nitrogens with zero attached hydrogens (tertiary/aromatic N) is 2. The molecular formula is C11H12FN3OS. The van der Waals surface area contributed by atoms with Gasteiger partial charge in [-0.1, -0.05) is 11.8 Å². The summed E-state index contributed by atoms with van der Waals surface area (Å²) >= 11 is 1.22. The maximum atomic E-state index is 13.6. The highest BCUT2D eigenvalue weighted by atomic mass is 32.2. The van der Waals surface area contributed by atoms with Crippen molar-refractivity contribution in [2.45, 2.75) is 6.92 Å². The summed E-state index contributed by atoms with van der Waals surface area (Å²) in [6.45, 7) is 1.75. The monoisotopic (exact) mass is 253 g/mol. The quantitative estimate of drug-likeness (QED) is 0.381. The van der Waals surface area contributed by atoms with Crippen LogP contribution in [0.4, 0.5) is 10.1 Å². The number of benzene rings is 1. The molecule has 0 saturated heterocycles. The number of hydrogen-bond acceptors (Lipinski definition) is 4. The Kier molecular flexibility index (Phi) is 4.79. The van der Waals surface area contributed by atoms with E-state index in [0.29, 0.717) is 16.5 Å². The van der Waals surface area contributed by atoms with E-state index in [1.165, 1.54) is 31.0 Å². The number of rotatable bonds is 2. The van der Waals surface area contributed by atoms with Crippen molar-refractivity contribution in [1.82, 2.24) is 5.32 Å². The molecule has 1 aromatic carbocycles. The molecular weight excluding hydrogens is 241 g/mol. The molecule has 90 valence electrons. The summed E-state index contributed by atoms with van der Waals surface area (Å²) in [6, 6.07) is 2.85. The fourth-order valence-electron chi connectivity index (χ4n) is 1.23. The number of nitriles is 1. The Morgan fingerprint density at radius 3 is 2.82 bits per heavy atom. The molecule has 1 N–H and O–H groups in total. The molecule has 0 aromatic heterocycles. The van der Waals surface area contributed by atoms with E-state index in [2.05, 4.69) is 10.3 Å². The average molecular weight is 253 g/mol. The van der Waals surface area contributed by atoms with Crippen LogP contribution in [0.25, 0.3) is 0 Å². The van der Waals surface area contributed by atoms with E-state index in [9.17, 15) is 4.39 Å². The van der Waals surface area contributed by atoms with Gasteiger partial charge < -0.3 is 4.74 Å². The van der Waals surface area contributed by atoms with E-state index >= 15 is 0 Å². The highest BCUT2D eigenvalue weighted by Crippen LogP contribution is 2.28. The van der Waals surface area contributed by atoms with E-state index < -0.39 is 5.82 Å². The summed E-state index contributed by atoms with van der Waals surface area (Å²) in [6.07, 6.45) is 3.49.